The van der Waals surface area contributed by atoms with Crippen LogP contribution >= 0.6 is 0 Å². The molecule has 0 saturated carbocycles. The Hall–Kier alpha value is -2.60. The lowest BCUT2D eigenvalue weighted by Crippen LogP contribution is -2.14. The van der Waals surface area contributed by atoms with Crippen LogP contribution in [0.15, 0.2) is 59.8 Å². The van der Waals surface area contributed by atoms with Crippen molar-refractivity contribution in [2.24, 2.45) is 7.05 Å². The van der Waals surface area contributed by atoms with Gasteiger partial charge >= 0.3 is 0 Å². The van der Waals surface area contributed by atoms with Gasteiger partial charge in [-0.05, 0) is 31.5 Å². The molecule has 0 radical (unpaired) electrons. The van der Waals surface area contributed by atoms with Crippen molar-refractivity contribution in [3.8, 4) is 11.1 Å². The SMILES string of the molecule is Cc1ccc(NS(=O)(=O)c2nn(C)cc2-c2ccc(C)cc2)cc1. The van der Waals surface area contributed by atoms with Gasteiger partial charge < -0.3 is 0 Å². The first-order chi connectivity index (χ1) is 11.3. The highest BCUT2D eigenvalue weighted by Crippen LogP contribution is 2.28. The van der Waals surface area contributed by atoms with Gasteiger partial charge in [0.25, 0.3) is 10.0 Å². The molecular weight excluding hydrogens is 322 g/mol. The first kappa shape index (κ1) is 16.3. The second-order valence-electron chi connectivity index (χ2n) is 5.86. The minimum atomic E-state index is -3.78. The number of sulfonamides is 1. The molecule has 1 N–H and O–H groups in total. The minimum Gasteiger partial charge on any atom is -0.278 e. The van der Waals surface area contributed by atoms with E-state index in [1.807, 2.05) is 50.2 Å². The van der Waals surface area contributed by atoms with Crippen molar-refractivity contribution in [1.29, 1.82) is 0 Å². The molecule has 0 amide bonds. The first-order valence-electron chi connectivity index (χ1n) is 7.55. The summed E-state index contributed by atoms with van der Waals surface area (Å²) in [7, 11) is -2.07. The number of benzene rings is 2. The molecule has 0 aliphatic carbocycles. The van der Waals surface area contributed by atoms with Crippen molar-refractivity contribution in [3.05, 3.63) is 65.9 Å². The minimum absolute atomic E-state index is 0.0226. The van der Waals surface area contributed by atoms with E-state index in [1.165, 1.54) is 4.68 Å². The third kappa shape index (κ3) is 3.33. The highest BCUT2D eigenvalue weighted by atomic mass is 32.2. The number of nitrogens with one attached hydrogen (secondary N) is 1. The van der Waals surface area contributed by atoms with Gasteiger partial charge in [-0.2, -0.15) is 13.5 Å². The van der Waals surface area contributed by atoms with Gasteiger partial charge in [0.05, 0.1) is 0 Å². The van der Waals surface area contributed by atoms with E-state index in [1.54, 1.807) is 25.4 Å². The van der Waals surface area contributed by atoms with E-state index in [9.17, 15) is 8.42 Å². The van der Waals surface area contributed by atoms with E-state index in [2.05, 4.69) is 9.82 Å². The molecule has 3 rings (SSSR count). The normalized spacial score (nSPS) is 11.5. The number of hydrogen-bond donors (Lipinski definition) is 1. The Bertz CT molecular complexity index is 957. The molecular formula is C18H19N3O2S. The van der Waals surface area contributed by atoms with Gasteiger partial charge in [0.15, 0.2) is 0 Å². The van der Waals surface area contributed by atoms with Crippen molar-refractivity contribution in [1.82, 2.24) is 9.78 Å². The second-order valence-corrected chi connectivity index (χ2v) is 7.46. The van der Waals surface area contributed by atoms with E-state index >= 15 is 0 Å². The lowest BCUT2D eigenvalue weighted by molar-refractivity contribution is 0.593. The number of aryl methyl sites for hydroxylation is 3. The fraction of sp³-hybridized carbons (Fsp3) is 0.167. The molecule has 6 heteroatoms. The van der Waals surface area contributed by atoms with Gasteiger partial charge in [-0.1, -0.05) is 47.5 Å². The summed E-state index contributed by atoms with van der Waals surface area (Å²) in [5, 5.41) is 4.18. The van der Waals surface area contributed by atoms with Gasteiger partial charge in [0.2, 0.25) is 5.03 Å². The summed E-state index contributed by atoms with van der Waals surface area (Å²) >= 11 is 0. The van der Waals surface area contributed by atoms with Gasteiger partial charge in [0, 0.05) is 24.5 Å². The van der Waals surface area contributed by atoms with Crippen molar-refractivity contribution in [2.45, 2.75) is 18.9 Å². The first-order valence-corrected chi connectivity index (χ1v) is 9.04. The topological polar surface area (TPSA) is 64.0 Å². The van der Waals surface area contributed by atoms with E-state index in [4.69, 9.17) is 0 Å². The van der Waals surface area contributed by atoms with Crippen LogP contribution in [0.1, 0.15) is 11.1 Å². The summed E-state index contributed by atoms with van der Waals surface area (Å²) in [4.78, 5) is 0. The third-order valence-corrected chi connectivity index (χ3v) is 5.03. The number of rotatable bonds is 4. The Morgan fingerprint density at radius 3 is 2.04 bits per heavy atom. The maximum absolute atomic E-state index is 12.8. The molecule has 24 heavy (non-hydrogen) atoms. The lowest BCUT2D eigenvalue weighted by Gasteiger charge is -2.08. The molecule has 0 fully saturated rings. The summed E-state index contributed by atoms with van der Waals surface area (Å²) in [6.45, 7) is 3.94. The molecule has 5 nitrogen and oxygen atoms in total. The molecule has 0 unspecified atom stereocenters. The van der Waals surface area contributed by atoms with Crippen LogP contribution in [0.2, 0.25) is 0 Å². The summed E-state index contributed by atoms with van der Waals surface area (Å²) in [6, 6.07) is 14.9. The van der Waals surface area contributed by atoms with Crippen molar-refractivity contribution in [3.63, 3.8) is 0 Å². The summed E-state index contributed by atoms with van der Waals surface area (Å²) in [6.07, 6.45) is 1.72. The molecule has 2 aromatic carbocycles. The smallest absolute Gasteiger partial charge is 0.278 e. The summed E-state index contributed by atoms with van der Waals surface area (Å²) in [5.41, 5.74) is 4.09. The van der Waals surface area contributed by atoms with E-state index in [-0.39, 0.29) is 5.03 Å². The van der Waals surface area contributed by atoms with Crippen LogP contribution < -0.4 is 4.72 Å². The monoisotopic (exact) mass is 341 g/mol. The zero-order valence-electron chi connectivity index (χ0n) is 13.8. The van der Waals surface area contributed by atoms with Gasteiger partial charge in [-0.3, -0.25) is 9.40 Å². The summed E-state index contributed by atoms with van der Waals surface area (Å²) in [5.74, 6) is 0. The fourth-order valence-corrected chi connectivity index (χ4v) is 3.66. The Labute approximate surface area is 142 Å². The molecule has 1 aromatic heterocycles. The highest BCUT2D eigenvalue weighted by molar-refractivity contribution is 7.92. The predicted octanol–water partition coefficient (Wildman–Crippen LogP) is 3.50. The maximum atomic E-state index is 12.8. The van der Waals surface area contributed by atoms with Crippen LogP contribution in [0.5, 0.6) is 0 Å². The Kier molecular flexibility index (Phi) is 4.15. The Morgan fingerprint density at radius 2 is 1.46 bits per heavy atom. The molecule has 1 heterocycles. The zero-order valence-corrected chi connectivity index (χ0v) is 14.6. The Morgan fingerprint density at radius 1 is 0.917 bits per heavy atom. The molecule has 0 saturated heterocycles. The zero-order chi connectivity index (χ0) is 17.3. The van der Waals surface area contributed by atoms with Gasteiger partial charge in [0.1, 0.15) is 0 Å². The second kappa shape index (κ2) is 6.13. The van der Waals surface area contributed by atoms with E-state index < -0.39 is 10.0 Å². The van der Waals surface area contributed by atoms with Crippen molar-refractivity contribution >= 4 is 15.7 Å². The average molecular weight is 341 g/mol. The number of anilines is 1. The van der Waals surface area contributed by atoms with Crippen LogP contribution in [-0.4, -0.2) is 18.2 Å². The van der Waals surface area contributed by atoms with Crippen LogP contribution in [0.25, 0.3) is 11.1 Å². The summed E-state index contributed by atoms with van der Waals surface area (Å²) < 4.78 is 29.7. The molecule has 0 aliphatic heterocycles. The standard InChI is InChI=1S/C18H19N3O2S/c1-13-4-8-15(9-5-13)17-12-21(3)19-18(17)24(22,23)20-16-10-6-14(2)7-11-16/h4-12,20H,1-3H3. The fourth-order valence-electron chi connectivity index (χ4n) is 2.42. The quantitative estimate of drug-likeness (QED) is 0.790. The molecule has 3 aromatic rings. The van der Waals surface area contributed by atoms with Crippen LogP contribution in [-0.2, 0) is 17.1 Å². The third-order valence-electron chi connectivity index (χ3n) is 3.72. The molecule has 0 aliphatic rings. The van der Waals surface area contributed by atoms with Crippen molar-refractivity contribution in [2.75, 3.05) is 4.72 Å². The number of hydrogen-bond acceptors (Lipinski definition) is 3. The molecule has 0 bridgehead atoms. The van der Waals surface area contributed by atoms with Crippen LogP contribution in [0.3, 0.4) is 0 Å². The van der Waals surface area contributed by atoms with E-state index in [0.29, 0.717) is 11.3 Å². The molecule has 0 atom stereocenters. The lowest BCUT2D eigenvalue weighted by atomic mass is 10.1. The maximum Gasteiger partial charge on any atom is 0.281 e. The van der Waals surface area contributed by atoms with Gasteiger partial charge in [-0.15, -0.1) is 0 Å². The predicted molar refractivity (Wildman–Crippen MR) is 95.4 cm³/mol. The van der Waals surface area contributed by atoms with Crippen LogP contribution in [0, 0.1) is 13.8 Å². The number of nitrogens with zero attached hydrogens (tertiary/aromatic N) is 2. The Balaban J connectivity index is 2.02. The van der Waals surface area contributed by atoms with Gasteiger partial charge in [-0.25, -0.2) is 0 Å². The molecule has 124 valence electrons. The van der Waals surface area contributed by atoms with Crippen molar-refractivity contribution < 1.29 is 8.42 Å². The van der Waals surface area contributed by atoms with E-state index in [0.717, 1.165) is 16.7 Å². The average Bonchev–Trinajstić information content (AvgIpc) is 2.93. The number of aromatic nitrogens is 2. The molecule has 0 spiro atoms. The van der Waals surface area contributed by atoms with Crippen LogP contribution in [0.4, 0.5) is 5.69 Å². The largest absolute Gasteiger partial charge is 0.281 e. The highest BCUT2D eigenvalue weighted by Gasteiger charge is 2.23.